The van der Waals surface area contributed by atoms with Crippen molar-refractivity contribution in [2.24, 2.45) is 10.9 Å². The molecule has 1 saturated carbocycles. The highest BCUT2D eigenvalue weighted by Gasteiger charge is 2.40. The second kappa shape index (κ2) is 8.15. The third kappa shape index (κ3) is 4.50. The van der Waals surface area contributed by atoms with Crippen molar-refractivity contribution in [1.82, 2.24) is 9.88 Å². The Labute approximate surface area is 153 Å². The number of likely N-dealkylation sites (tertiary alicyclic amines) is 1. The summed E-state index contributed by atoms with van der Waals surface area (Å²) in [5.74, 6) is -0.0631. The molecule has 1 spiro atoms. The summed E-state index contributed by atoms with van der Waals surface area (Å²) in [6.07, 6.45) is 11.1. The van der Waals surface area contributed by atoms with Gasteiger partial charge in [0, 0.05) is 50.8 Å². The van der Waals surface area contributed by atoms with Crippen LogP contribution in [0.25, 0.3) is 0 Å². The monoisotopic (exact) mass is 364 g/mol. The number of amides is 1. The molecule has 136 valence electrons. The van der Waals surface area contributed by atoms with Crippen molar-refractivity contribution in [2.75, 3.05) is 13.1 Å². The normalized spacial score (nSPS) is 21.8. The lowest BCUT2D eigenvalue weighted by Crippen LogP contribution is -2.46. The van der Waals surface area contributed by atoms with Gasteiger partial charge in [-0.05, 0) is 25.0 Å². The Bertz CT molecular complexity index is 613. The molecule has 1 saturated heterocycles. The van der Waals surface area contributed by atoms with Gasteiger partial charge in [0.25, 0.3) is 5.91 Å². The number of hydrogen-bond acceptors (Lipinski definition) is 5. The first-order chi connectivity index (χ1) is 12.1. The van der Waals surface area contributed by atoms with E-state index in [1.165, 1.54) is 25.7 Å². The number of oxime groups is 1. The van der Waals surface area contributed by atoms with Gasteiger partial charge in [0.2, 0.25) is 0 Å². The van der Waals surface area contributed by atoms with E-state index in [0.29, 0.717) is 24.7 Å². The fourth-order valence-corrected chi connectivity index (χ4v) is 3.68. The number of aromatic nitrogens is 1. The predicted octanol–water partition coefficient (Wildman–Crippen LogP) is 3.00. The topological polar surface area (TPSA) is 80.8 Å². The van der Waals surface area contributed by atoms with Gasteiger partial charge in [-0.1, -0.05) is 29.6 Å². The van der Waals surface area contributed by atoms with Gasteiger partial charge in [0.15, 0.2) is 0 Å². The highest BCUT2D eigenvalue weighted by molar-refractivity contribution is 6.32. The first-order valence-electron chi connectivity index (χ1n) is 8.95. The van der Waals surface area contributed by atoms with Crippen LogP contribution in [0.1, 0.15) is 55.3 Å². The molecule has 0 bridgehead atoms. The molecule has 0 unspecified atom stereocenters. The SMILES string of the molecule is NC1CCCC1.O=C(c1cccnc1Cl)N1CCC2(CC=NO2)CC1. The number of piperidine rings is 1. The van der Waals surface area contributed by atoms with Crippen LogP contribution in [0.2, 0.25) is 5.15 Å². The van der Waals surface area contributed by atoms with E-state index in [-0.39, 0.29) is 16.7 Å². The molecule has 1 amide bonds. The minimum absolute atomic E-state index is 0.0631. The van der Waals surface area contributed by atoms with Crippen LogP contribution in [-0.4, -0.2) is 46.7 Å². The number of pyridine rings is 1. The van der Waals surface area contributed by atoms with Gasteiger partial charge >= 0.3 is 0 Å². The second-order valence-corrected chi connectivity index (χ2v) is 7.30. The maximum absolute atomic E-state index is 12.4. The smallest absolute Gasteiger partial charge is 0.256 e. The average Bonchev–Trinajstić information content (AvgIpc) is 3.28. The number of rotatable bonds is 1. The zero-order valence-corrected chi connectivity index (χ0v) is 15.1. The molecule has 25 heavy (non-hydrogen) atoms. The lowest BCUT2D eigenvalue weighted by Gasteiger charge is -2.37. The molecule has 3 aliphatic rings. The number of carbonyl (C=O) groups excluding carboxylic acids is 1. The number of hydrogen-bond donors (Lipinski definition) is 1. The van der Waals surface area contributed by atoms with E-state index < -0.39 is 0 Å². The van der Waals surface area contributed by atoms with Gasteiger partial charge < -0.3 is 15.5 Å². The molecule has 0 radical (unpaired) electrons. The number of halogens is 1. The molecular weight excluding hydrogens is 340 g/mol. The van der Waals surface area contributed by atoms with Gasteiger partial charge in [0.05, 0.1) is 5.56 Å². The minimum Gasteiger partial charge on any atom is -0.389 e. The van der Waals surface area contributed by atoms with E-state index in [9.17, 15) is 4.79 Å². The second-order valence-electron chi connectivity index (χ2n) is 6.94. The molecule has 3 heterocycles. The van der Waals surface area contributed by atoms with Crippen LogP contribution in [0.4, 0.5) is 0 Å². The first-order valence-corrected chi connectivity index (χ1v) is 9.33. The zero-order valence-electron chi connectivity index (χ0n) is 14.4. The van der Waals surface area contributed by atoms with Crippen LogP contribution in [-0.2, 0) is 4.84 Å². The maximum Gasteiger partial charge on any atom is 0.256 e. The Kier molecular flexibility index (Phi) is 5.91. The molecule has 1 aromatic rings. The van der Waals surface area contributed by atoms with E-state index in [2.05, 4.69) is 10.1 Å². The summed E-state index contributed by atoms with van der Waals surface area (Å²) in [7, 11) is 0. The van der Waals surface area contributed by atoms with Gasteiger partial charge in [-0.15, -0.1) is 0 Å². The van der Waals surface area contributed by atoms with Crippen LogP contribution in [0, 0.1) is 0 Å². The first kappa shape index (κ1) is 18.1. The molecule has 2 N–H and O–H groups in total. The molecule has 0 atom stereocenters. The summed E-state index contributed by atoms with van der Waals surface area (Å²) in [4.78, 5) is 23.5. The molecule has 1 aliphatic carbocycles. The fraction of sp³-hybridized carbons (Fsp3) is 0.611. The Morgan fingerprint density at radius 1 is 1.32 bits per heavy atom. The molecule has 4 rings (SSSR count). The van der Waals surface area contributed by atoms with E-state index >= 15 is 0 Å². The maximum atomic E-state index is 12.4. The number of nitrogens with zero attached hydrogens (tertiary/aromatic N) is 3. The summed E-state index contributed by atoms with van der Waals surface area (Å²) < 4.78 is 0. The highest BCUT2D eigenvalue weighted by Crippen LogP contribution is 2.33. The van der Waals surface area contributed by atoms with Crippen LogP contribution in [0.5, 0.6) is 0 Å². The summed E-state index contributed by atoms with van der Waals surface area (Å²) in [6.45, 7) is 1.32. The molecule has 0 aromatic carbocycles. The van der Waals surface area contributed by atoms with Crippen LogP contribution >= 0.6 is 11.6 Å². The van der Waals surface area contributed by atoms with Crippen molar-refractivity contribution in [2.45, 2.75) is 56.6 Å². The third-order valence-corrected chi connectivity index (χ3v) is 5.44. The highest BCUT2D eigenvalue weighted by atomic mass is 35.5. The fourth-order valence-electron chi connectivity index (χ4n) is 3.48. The quantitative estimate of drug-likeness (QED) is 0.777. The van der Waals surface area contributed by atoms with E-state index in [1.54, 1.807) is 29.4 Å². The molecular formula is C18H25ClN4O2. The van der Waals surface area contributed by atoms with Crippen LogP contribution in [0.15, 0.2) is 23.5 Å². The Balaban J connectivity index is 0.000000258. The van der Waals surface area contributed by atoms with E-state index in [1.807, 2.05) is 0 Å². The summed E-state index contributed by atoms with van der Waals surface area (Å²) >= 11 is 5.96. The Morgan fingerprint density at radius 2 is 2.04 bits per heavy atom. The van der Waals surface area contributed by atoms with Gasteiger partial charge in [0.1, 0.15) is 10.8 Å². The van der Waals surface area contributed by atoms with Crippen LogP contribution < -0.4 is 5.73 Å². The van der Waals surface area contributed by atoms with Crippen molar-refractivity contribution < 1.29 is 9.63 Å². The summed E-state index contributed by atoms with van der Waals surface area (Å²) in [5, 5.41) is 4.10. The molecule has 7 heteroatoms. The largest absolute Gasteiger partial charge is 0.389 e. The van der Waals surface area contributed by atoms with Crippen molar-refractivity contribution in [1.29, 1.82) is 0 Å². The molecule has 1 aromatic heterocycles. The Hall–Kier alpha value is -1.66. The zero-order chi connectivity index (χ0) is 17.7. The van der Waals surface area contributed by atoms with Crippen molar-refractivity contribution in [3.63, 3.8) is 0 Å². The van der Waals surface area contributed by atoms with E-state index in [4.69, 9.17) is 22.2 Å². The van der Waals surface area contributed by atoms with Crippen molar-refractivity contribution >= 4 is 23.7 Å². The van der Waals surface area contributed by atoms with Gasteiger partial charge in [-0.2, -0.15) is 0 Å². The van der Waals surface area contributed by atoms with Crippen molar-refractivity contribution in [3.8, 4) is 0 Å². The standard InChI is InChI=1S/C13H14ClN3O2.C5H11N/c14-11-10(2-1-6-15-11)12(18)17-8-4-13(5-9-17)3-7-16-19-13;6-5-3-1-2-4-5/h1-2,6-7H,3-5,8-9H2;5H,1-4,6H2. The number of carbonyl (C=O) groups is 1. The molecule has 6 nitrogen and oxygen atoms in total. The summed E-state index contributed by atoms with van der Waals surface area (Å²) in [6, 6.07) is 3.97. The lowest BCUT2D eigenvalue weighted by atomic mass is 9.89. The third-order valence-electron chi connectivity index (χ3n) is 5.14. The predicted molar refractivity (Wildman–Crippen MR) is 97.8 cm³/mol. The Morgan fingerprint density at radius 3 is 2.56 bits per heavy atom. The minimum atomic E-state index is -0.185. The van der Waals surface area contributed by atoms with Crippen molar-refractivity contribution in [3.05, 3.63) is 29.0 Å². The van der Waals surface area contributed by atoms with Gasteiger partial charge in [-0.3, -0.25) is 4.79 Å². The molecule has 2 aliphatic heterocycles. The van der Waals surface area contributed by atoms with Crippen LogP contribution in [0.3, 0.4) is 0 Å². The van der Waals surface area contributed by atoms with Gasteiger partial charge in [-0.25, -0.2) is 4.98 Å². The number of nitrogens with two attached hydrogens (primary N) is 1. The van der Waals surface area contributed by atoms with E-state index in [0.717, 1.165) is 19.3 Å². The summed E-state index contributed by atoms with van der Waals surface area (Å²) in [5.41, 5.74) is 5.81. The molecule has 2 fully saturated rings. The lowest BCUT2D eigenvalue weighted by molar-refractivity contribution is -0.0568. The average molecular weight is 365 g/mol.